The van der Waals surface area contributed by atoms with Crippen molar-refractivity contribution in [2.75, 3.05) is 6.54 Å². The van der Waals surface area contributed by atoms with E-state index in [-0.39, 0.29) is 12.1 Å². The molecule has 0 aromatic carbocycles. The number of hydrogen-bond acceptors (Lipinski definition) is 3. The van der Waals surface area contributed by atoms with E-state index < -0.39 is 5.60 Å². The average molecular weight is 312 g/mol. The second-order valence-corrected chi connectivity index (χ2v) is 8.09. The fourth-order valence-corrected chi connectivity index (χ4v) is 3.10. The van der Waals surface area contributed by atoms with Gasteiger partial charge < -0.3 is 15.4 Å². The highest BCUT2D eigenvalue weighted by Crippen LogP contribution is 2.26. The normalized spacial score (nSPS) is 19.8. The first-order valence-electron chi connectivity index (χ1n) is 8.92. The summed E-state index contributed by atoms with van der Waals surface area (Å²) >= 11 is 0. The SMILES string of the molecule is CC(C)C(CNC(=O)OC(C)(C)C)NC(C)C1CCCCC1. The van der Waals surface area contributed by atoms with Gasteiger partial charge in [-0.25, -0.2) is 4.79 Å². The standard InChI is InChI=1S/C18H36N2O2/c1-13(2)16(12-19-17(21)22-18(4,5)6)20-14(3)15-10-8-7-9-11-15/h13-16,20H,7-12H2,1-6H3,(H,19,21). The van der Waals surface area contributed by atoms with Crippen molar-refractivity contribution in [3.63, 3.8) is 0 Å². The molecule has 4 nitrogen and oxygen atoms in total. The van der Waals surface area contributed by atoms with Crippen LogP contribution in [0.15, 0.2) is 0 Å². The molecular weight excluding hydrogens is 276 g/mol. The predicted molar refractivity (Wildman–Crippen MR) is 92.0 cm³/mol. The third kappa shape index (κ3) is 7.48. The molecule has 130 valence electrons. The molecule has 0 saturated heterocycles. The van der Waals surface area contributed by atoms with Crippen molar-refractivity contribution >= 4 is 6.09 Å². The molecule has 1 saturated carbocycles. The first-order chi connectivity index (χ1) is 10.2. The van der Waals surface area contributed by atoms with Crippen molar-refractivity contribution < 1.29 is 9.53 Å². The van der Waals surface area contributed by atoms with E-state index in [0.29, 0.717) is 18.5 Å². The Balaban J connectivity index is 2.42. The van der Waals surface area contributed by atoms with Crippen molar-refractivity contribution in [2.45, 2.75) is 91.3 Å². The molecule has 0 heterocycles. The van der Waals surface area contributed by atoms with Crippen molar-refractivity contribution in [3.8, 4) is 0 Å². The summed E-state index contributed by atoms with van der Waals surface area (Å²) < 4.78 is 5.31. The summed E-state index contributed by atoms with van der Waals surface area (Å²) in [5.41, 5.74) is -0.444. The van der Waals surface area contributed by atoms with Crippen LogP contribution in [0.4, 0.5) is 4.79 Å². The third-order valence-corrected chi connectivity index (χ3v) is 4.50. The Labute approximate surface area is 136 Å². The van der Waals surface area contributed by atoms with Gasteiger partial charge in [-0.15, -0.1) is 0 Å². The number of rotatable bonds is 6. The van der Waals surface area contributed by atoms with E-state index in [0.717, 1.165) is 5.92 Å². The fraction of sp³-hybridized carbons (Fsp3) is 0.944. The van der Waals surface area contributed by atoms with E-state index in [1.54, 1.807) is 0 Å². The number of hydrogen-bond donors (Lipinski definition) is 2. The van der Waals surface area contributed by atoms with Crippen LogP contribution in [0.1, 0.15) is 73.6 Å². The molecular formula is C18H36N2O2. The van der Waals surface area contributed by atoms with Crippen LogP contribution in [0.2, 0.25) is 0 Å². The molecule has 1 fully saturated rings. The third-order valence-electron chi connectivity index (χ3n) is 4.50. The lowest BCUT2D eigenvalue weighted by atomic mass is 9.84. The molecule has 0 aromatic heterocycles. The quantitative estimate of drug-likeness (QED) is 0.776. The van der Waals surface area contributed by atoms with Crippen LogP contribution >= 0.6 is 0 Å². The molecule has 1 aliphatic rings. The minimum absolute atomic E-state index is 0.282. The first kappa shape index (κ1) is 19.3. The highest BCUT2D eigenvalue weighted by molar-refractivity contribution is 5.67. The molecule has 0 aromatic rings. The summed E-state index contributed by atoms with van der Waals surface area (Å²) in [7, 11) is 0. The molecule has 0 radical (unpaired) electrons. The summed E-state index contributed by atoms with van der Waals surface area (Å²) in [5, 5.41) is 6.64. The number of amides is 1. The van der Waals surface area contributed by atoms with Gasteiger partial charge in [-0.05, 0) is 52.4 Å². The van der Waals surface area contributed by atoms with Crippen molar-refractivity contribution in [1.82, 2.24) is 10.6 Å². The van der Waals surface area contributed by atoms with Gasteiger partial charge in [0, 0.05) is 18.6 Å². The second-order valence-electron chi connectivity index (χ2n) is 8.09. The number of carbonyl (C=O) groups excluding carboxylic acids is 1. The summed E-state index contributed by atoms with van der Waals surface area (Å²) in [6.45, 7) is 13.0. The lowest BCUT2D eigenvalue weighted by Gasteiger charge is -2.33. The molecule has 1 rings (SSSR count). The zero-order valence-corrected chi connectivity index (χ0v) is 15.4. The Kier molecular flexibility index (Phi) is 7.67. The molecule has 0 bridgehead atoms. The molecule has 2 N–H and O–H groups in total. The number of ether oxygens (including phenoxy) is 1. The van der Waals surface area contributed by atoms with Crippen LogP contribution < -0.4 is 10.6 Å². The fourth-order valence-electron chi connectivity index (χ4n) is 3.10. The van der Waals surface area contributed by atoms with Crippen LogP contribution in [0.25, 0.3) is 0 Å². The van der Waals surface area contributed by atoms with Gasteiger partial charge in [-0.2, -0.15) is 0 Å². The number of nitrogens with one attached hydrogen (secondary N) is 2. The Bertz CT molecular complexity index is 330. The van der Waals surface area contributed by atoms with Gasteiger partial charge in [0.1, 0.15) is 5.60 Å². The van der Waals surface area contributed by atoms with Gasteiger partial charge in [-0.3, -0.25) is 0 Å². The summed E-state index contributed by atoms with van der Waals surface area (Å²) in [6.07, 6.45) is 6.44. The molecule has 1 amide bonds. The smallest absolute Gasteiger partial charge is 0.407 e. The van der Waals surface area contributed by atoms with Crippen LogP contribution in [-0.4, -0.2) is 30.3 Å². The van der Waals surface area contributed by atoms with Gasteiger partial charge in [0.05, 0.1) is 0 Å². The lowest BCUT2D eigenvalue weighted by Crippen LogP contribution is -2.50. The van der Waals surface area contributed by atoms with Gasteiger partial charge in [-0.1, -0.05) is 33.1 Å². The van der Waals surface area contributed by atoms with Crippen LogP contribution in [-0.2, 0) is 4.74 Å². The summed E-state index contributed by atoms with van der Waals surface area (Å²) in [5.74, 6) is 1.25. The van der Waals surface area contributed by atoms with Crippen LogP contribution in [0, 0.1) is 11.8 Å². The number of carbonyl (C=O) groups is 1. The van der Waals surface area contributed by atoms with E-state index in [1.807, 2.05) is 20.8 Å². The zero-order valence-electron chi connectivity index (χ0n) is 15.4. The highest BCUT2D eigenvalue weighted by atomic mass is 16.6. The van der Waals surface area contributed by atoms with E-state index in [9.17, 15) is 4.79 Å². The first-order valence-corrected chi connectivity index (χ1v) is 8.92. The van der Waals surface area contributed by atoms with Gasteiger partial charge in [0.15, 0.2) is 0 Å². The van der Waals surface area contributed by atoms with Crippen molar-refractivity contribution in [2.24, 2.45) is 11.8 Å². The van der Waals surface area contributed by atoms with E-state index >= 15 is 0 Å². The maximum absolute atomic E-state index is 11.8. The van der Waals surface area contributed by atoms with E-state index in [2.05, 4.69) is 31.4 Å². The van der Waals surface area contributed by atoms with E-state index in [1.165, 1.54) is 32.1 Å². The average Bonchev–Trinajstić information content (AvgIpc) is 2.41. The summed E-state index contributed by atoms with van der Waals surface area (Å²) in [6, 6.07) is 0.789. The number of alkyl carbamates (subject to hydrolysis) is 1. The molecule has 2 unspecified atom stereocenters. The largest absolute Gasteiger partial charge is 0.444 e. The molecule has 1 aliphatic carbocycles. The predicted octanol–water partition coefficient (Wildman–Crippen LogP) is 4.09. The topological polar surface area (TPSA) is 50.4 Å². The molecule has 22 heavy (non-hydrogen) atoms. The van der Waals surface area contributed by atoms with Crippen LogP contribution in [0.3, 0.4) is 0 Å². The van der Waals surface area contributed by atoms with Gasteiger partial charge in [0.2, 0.25) is 0 Å². The molecule has 4 heteroatoms. The Morgan fingerprint density at radius 3 is 2.23 bits per heavy atom. The van der Waals surface area contributed by atoms with Crippen LogP contribution in [0.5, 0.6) is 0 Å². The lowest BCUT2D eigenvalue weighted by molar-refractivity contribution is 0.0517. The Hall–Kier alpha value is -0.770. The molecule has 0 spiro atoms. The maximum Gasteiger partial charge on any atom is 0.407 e. The monoisotopic (exact) mass is 312 g/mol. The van der Waals surface area contributed by atoms with E-state index in [4.69, 9.17) is 4.74 Å². The van der Waals surface area contributed by atoms with Crippen molar-refractivity contribution in [1.29, 1.82) is 0 Å². The highest BCUT2D eigenvalue weighted by Gasteiger charge is 2.24. The van der Waals surface area contributed by atoms with Crippen molar-refractivity contribution in [3.05, 3.63) is 0 Å². The second kappa shape index (κ2) is 8.76. The maximum atomic E-state index is 11.8. The minimum atomic E-state index is -0.444. The summed E-state index contributed by atoms with van der Waals surface area (Å²) in [4.78, 5) is 11.8. The minimum Gasteiger partial charge on any atom is -0.444 e. The van der Waals surface area contributed by atoms with Gasteiger partial charge in [0.25, 0.3) is 0 Å². The zero-order chi connectivity index (χ0) is 16.8. The Morgan fingerprint density at radius 1 is 1.14 bits per heavy atom. The molecule has 2 atom stereocenters. The van der Waals surface area contributed by atoms with Gasteiger partial charge >= 0.3 is 6.09 Å². The molecule has 0 aliphatic heterocycles. The Morgan fingerprint density at radius 2 is 1.73 bits per heavy atom.